The lowest BCUT2D eigenvalue weighted by atomic mass is 9.82. The molecule has 1 N–H and O–H groups in total. The third-order valence-corrected chi connectivity index (χ3v) is 4.30. The van der Waals surface area contributed by atoms with Crippen molar-refractivity contribution in [1.82, 2.24) is 10.2 Å². The molecule has 1 atom stereocenters. The van der Waals surface area contributed by atoms with Crippen LogP contribution < -0.4 is 5.32 Å². The van der Waals surface area contributed by atoms with Gasteiger partial charge in [-0.15, -0.1) is 0 Å². The maximum absolute atomic E-state index is 5.43. The van der Waals surface area contributed by atoms with Gasteiger partial charge in [-0.05, 0) is 44.7 Å². The van der Waals surface area contributed by atoms with Crippen molar-refractivity contribution in [1.29, 1.82) is 0 Å². The fourth-order valence-electron chi connectivity index (χ4n) is 2.82. The third-order valence-electron chi connectivity index (χ3n) is 4.30. The second-order valence-corrected chi connectivity index (χ2v) is 5.83. The fourth-order valence-corrected chi connectivity index (χ4v) is 2.82. The first kappa shape index (κ1) is 12.3. The fraction of sp³-hybridized carbons (Fsp3) is 1.00. The molecule has 0 saturated carbocycles. The van der Waals surface area contributed by atoms with E-state index in [2.05, 4.69) is 24.2 Å². The number of rotatable bonds is 4. The monoisotopic (exact) mass is 226 g/mol. The van der Waals surface area contributed by atoms with Crippen molar-refractivity contribution in [2.75, 3.05) is 39.9 Å². The van der Waals surface area contributed by atoms with Gasteiger partial charge in [0.2, 0.25) is 0 Å². The van der Waals surface area contributed by atoms with Crippen LogP contribution in [-0.2, 0) is 4.74 Å². The number of likely N-dealkylation sites (tertiary alicyclic amines) is 1. The second kappa shape index (κ2) is 5.48. The van der Waals surface area contributed by atoms with Crippen LogP contribution in [0.25, 0.3) is 0 Å². The van der Waals surface area contributed by atoms with Crippen LogP contribution in [0.5, 0.6) is 0 Å². The molecular weight excluding hydrogens is 200 g/mol. The number of nitrogens with one attached hydrogen (secondary N) is 1. The van der Waals surface area contributed by atoms with E-state index in [1.807, 2.05) is 0 Å². The second-order valence-electron chi connectivity index (χ2n) is 5.83. The van der Waals surface area contributed by atoms with Crippen LogP contribution in [0.2, 0.25) is 0 Å². The Hall–Kier alpha value is -0.120. The highest BCUT2D eigenvalue weighted by Crippen LogP contribution is 2.28. The lowest BCUT2D eigenvalue weighted by Crippen LogP contribution is -2.42. The van der Waals surface area contributed by atoms with E-state index in [4.69, 9.17) is 4.74 Å². The van der Waals surface area contributed by atoms with E-state index in [9.17, 15) is 0 Å². The summed E-state index contributed by atoms with van der Waals surface area (Å²) in [6, 6.07) is 0.767. The molecule has 2 aliphatic heterocycles. The Morgan fingerprint density at radius 3 is 2.75 bits per heavy atom. The number of nitrogens with zero attached hydrogens (tertiary/aromatic N) is 1. The molecule has 2 saturated heterocycles. The Labute approximate surface area is 99.5 Å². The molecule has 2 fully saturated rings. The SMILES string of the molecule is CN1CCCC1CNCC1(C)CCOCC1. The highest BCUT2D eigenvalue weighted by atomic mass is 16.5. The Kier molecular flexibility index (Phi) is 4.22. The summed E-state index contributed by atoms with van der Waals surface area (Å²) in [4.78, 5) is 2.49. The average molecular weight is 226 g/mol. The molecule has 0 aliphatic carbocycles. The molecule has 0 aromatic carbocycles. The van der Waals surface area contributed by atoms with E-state index in [1.165, 1.54) is 32.2 Å². The first-order valence-electron chi connectivity index (χ1n) is 6.68. The molecule has 3 nitrogen and oxygen atoms in total. The molecule has 0 amide bonds. The van der Waals surface area contributed by atoms with Gasteiger partial charge in [0.1, 0.15) is 0 Å². The normalized spacial score (nSPS) is 30.8. The average Bonchev–Trinajstić information content (AvgIpc) is 2.65. The summed E-state index contributed by atoms with van der Waals surface area (Å²) in [6.07, 6.45) is 5.15. The van der Waals surface area contributed by atoms with Crippen molar-refractivity contribution >= 4 is 0 Å². The van der Waals surface area contributed by atoms with Crippen molar-refractivity contribution in [3.8, 4) is 0 Å². The van der Waals surface area contributed by atoms with Gasteiger partial charge in [-0.1, -0.05) is 6.92 Å². The summed E-state index contributed by atoms with van der Waals surface area (Å²) < 4.78 is 5.43. The largest absolute Gasteiger partial charge is 0.381 e. The molecule has 3 heteroatoms. The highest BCUT2D eigenvalue weighted by molar-refractivity contribution is 4.83. The lowest BCUT2D eigenvalue weighted by Gasteiger charge is -2.34. The van der Waals surface area contributed by atoms with Gasteiger partial charge in [0.05, 0.1) is 0 Å². The molecule has 0 spiro atoms. The van der Waals surface area contributed by atoms with Gasteiger partial charge in [-0.3, -0.25) is 0 Å². The van der Waals surface area contributed by atoms with Crippen molar-refractivity contribution < 1.29 is 4.74 Å². The minimum absolute atomic E-state index is 0.468. The maximum Gasteiger partial charge on any atom is 0.0471 e. The van der Waals surface area contributed by atoms with Gasteiger partial charge in [-0.25, -0.2) is 0 Å². The number of hydrogen-bond acceptors (Lipinski definition) is 3. The van der Waals surface area contributed by atoms with Gasteiger partial charge < -0.3 is 15.0 Å². The molecule has 2 rings (SSSR count). The first-order valence-corrected chi connectivity index (χ1v) is 6.68. The van der Waals surface area contributed by atoms with Crippen molar-refractivity contribution in [3.63, 3.8) is 0 Å². The minimum Gasteiger partial charge on any atom is -0.381 e. The van der Waals surface area contributed by atoms with Crippen LogP contribution in [0.3, 0.4) is 0 Å². The van der Waals surface area contributed by atoms with Crippen LogP contribution in [0.15, 0.2) is 0 Å². The first-order chi connectivity index (χ1) is 7.70. The molecule has 0 aromatic rings. The molecule has 1 unspecified atom stereocenters. The summed E-state index contributed by atoms with van der Waals surface area (Å²) in [7, 11) is 2.25. The van der Waals surface area contributed by atoms with Crippen LogP contribution in [0.1, 0.15) is 32.6 Å². The Morgan fingerprint density at radius 1 is 1.38 bits per heavy atom. The number of hydrogen-bond donors (Lipinski definition) is 1. The van der Waals surface area contributed by atoms with Crippen molar-refractivity contribution in [3.05, 3.63) is 0 Å². The van der Waals surface area contributed by atoms with E-state index < -0.39 is 0 Å². The number of ether oxygens (including phenoxy) is 1. The summed E-state index contributed by atoms with van der Waals surface area (Å²) >= 11 is 0. The van der Waals surface area contributed by atoms with E-state index in [1.54, 1.807) is 0 Å². The summed E-state index contributed by atoms with van der Waals surface area (Å²) in [6.45, 7) is 7.87. The minimum atomic E-state index is 0.468. The molecular formula is C13H26N2O. The zero-order chi connectivity index (χ0) is 11.4. The van der Waals surface area contributed by atoms with Crippen LogP contribution in [0, 0.1) is 5.41 Å². The molecule has 2 aliphatic rings. The van der Waals surface area contributed by atoms with Gasteiger partial charge in [-0.2, -0.15) is 0 Å². The Balaban J connectivity index is 1.66. The van der Waals surface area contributed by atoms with Crippen LogP contribution in [-0.4, -0.2) is 50.8 Å². The predicted molar refractivity (Wildman–Crippen MR) is 66.7 cm³/mol. The molecule has 0 aromatic heterocycles. The Morgan fingerprint density at radius 2 is 2.12 bits per heavy atom. The zero-order valence-corrected chi connectivity index (χ0v) is 10.8. The standard InChI is InChI=1S/C13H26N2O/c1-13(5-8-16-9-6-13)11-14-10-12-4-3-7-15(12)2/h12,14H,3-11H2,1-2H3. The van der Waals surface area contributed by atoms with Gasteiger partial charge in [0.25, 0.3) is 0 Å². The van der Waals surface area contributed by atoms with Crippen molar-refractivity contribution in [2.24, 2.45) is 5.41 Å². The topological polar surface area (TPSA) is 24.5 Å². The van der Waals surface area contributed by atoms with E-state index in [0.717, 1.165) is 32.3 Å². The smallest absolute Gasteiger partial charge is 0.0471 e. The predicted octanol–water partition coefficient (Wildman–Crippen LogP) is 1.49. The molecule has 94 valence electrons. The molecule has 16 heavy (non-hydrogen) atoms. The zero-order valence-electron chi connectivity index (χ0n) is 10.8. The number of likely N-dealkylation sites (N-methyl/N-ethyl adjacent to an activating group) is 1. The maximum atomic E-state index is 5.43. The van der Waals surface area contributed by atoms with Gasteiger partial charge >= 0.3 is 0 Å². The molecule has 2 heterocycles. The van der Waals surface area contributed by atoms with Crippen molar-refractivity contribution in [2.45, 2.75) is 38.6 Å². The molecule has 0 bridgehead atoms. The van der Waals surface area contributed by atoms with Gasteiger partial charge in [0.15, 0.2) is 0 Å². The van der Waals surface area contributed by atoms with Crippen LogP contribution in [0.4, 0.5) is 0 Å². The highest BCUT2D eigenvalue weighted by Gasteiger charge is 2.27. The van der Waals surface area contributed by atoms with E-state index in [0.29, 0.717) is 5.41 Å². The van der Waals surface area contributed by atoms with Crippen LogP contribution >= 0.6 is 0 Å². The summed E-state index contributed by atoms with van der Waals surface area (Å²) in [5.41, 5.74) is 0.468. The Bertz CT molecular complexity index is 214. The third kappa shape index (κ3) is 3.19. The summed E-state index contributed by atoms with van der Waals surface area (Å²) in [5, 5.41) is 3.67. The van der Waals surface area contributed by atoms with E-state index in [-0.39, 0.29) is 0 Å². The van der Waals surface area contributed by atoms with E-state index >= 15 is 0 Å². The van der Waals surface area contributed by atoms with Gasteiger partial charge in [0, 0.05) is 32.3 Å². The molecule has 0 radical (unpaired) electrons. The summed E-state index contributed by atoms with van der Waals surface area (Å²) in [5.74, 6) is 0. The quantitative estimate of drug-likeness (QED) is 0.786. The lowest BCUT2D eigenvalue weighted by molar-refractivity contribution is 0.0236.